The zero-order valence-electron chi connectivity index (χ0n) is 12.0. The van der Waals surface area contributed by atoms with E-state index >= 15 is 0 Å². The third kappa shape index (κ3) is 3.19. The molecule has 0 fully saturated rings. The average molecular weight is 305 g/mol. The molecule has 3 nitrogen and oxygen atoms in total. The second-order valence-corrected chi connectivity index (χ2v) is 5.57. The molecular weight excluding hydrogens is 288 g/mol. The number of rotatable bonds is 5. The molecule has 0 heterocycles. The van der Waals surface area contributed by atoms with E-state index in [1.54, 1.807) is 32.2 Å². The van der Waals surface area contributed by atoms with Gasteiger partial charge in [0, 0.05) is 5.02 Å². The Labute approximate surface area is 129 Å². The highest BCUT2D eigenvalue weighted by molar-refractivity contribution is 6.30. The molecule has 0 spiro atoms. The van der Waals surface area contributed by atoms with Gasteiger partial charge in [-0.05, 0) is 42.7 Å². The lowest BCUT2D eigenvalue weighted by Gasteiger charge is -2.26. The first-order chi connectivity index (χ1) is 9.97. The van der Waals surface area contributed by atoms with Crippen molar-refractivity contribution in [2.24, 2.45) is 0 Å². The molecule has 0 aliphatic carbocycles. The summed E-state index contributed by atoms with van der Waals surface area (Å²) in [6.07, 6.45) is 0.302. The molecule has 2 aromatic rings. The van der Waals surface area contributed by atoms with Crippen LogP contribution in [0.2, 0.25) is 5.02 Å². The fraction of sp³-hybridized carbons (Fsp3) is 0.235. The van der Waals surface area contributed by atoms with E-state index in [-0.39, 0.29) is 0 Å². The van der Waals surface area contributed by atoms with Crippen molar-refractivity contribution < 1.29 is 14.6 Å². The third-order valence-electron chi connectivity index (χ3n) is 3.67. The van der Waals surface area contributed by atoms with Gasteiger partial charge < -0.3 is 9.84 Å². The van der Waals surface area contributed by atoms with Gasteiger partial charge in [0.15, 0.2) is 0 Å². The minimum absolute atomic E-state index is 0.302. The van der Waals surface area contributed by atoms with Crippen LogP contribution in [-0.2, 0) is 16.6 Å². The minimum atomic E-state index is -1.04. The average Bonchev–Trinajstić information content (AvgIpc) is 2.48. The monoisotopic (exact) mass is 304 g/mol. The number of halogens is 1. The quantitative estimate of drug-likeness (QED) is 0.910. The molecule has 0 aromatic heterocycles. The van der Waals surface area contributed by atoms with Gasteiger partial charge in [0.05, 0.1) is 12.5 Å². The van der Waals surface area contributed by atoms with E-state index in [0.29, 0.717) is 17.2 Å². The number of hydrogen-bond acceptors (Lipinski definition) is 2. The van der Waals surface area contributed by atoms with E-state index in [4.69, 9.17) is 16.3 Å². The van der Waals surface area contributed by atoms with Gasteiger partial charge in [0.25, 0.3) is 0 Å². The zero-order chi connectivity index (χ0) is 15.5. The second kappa shape index (κ2) is 6.19. The first kappa shape index (κ1) is 15.4. The van der Waals surface area contributed by atoms with Crippen molar-refractivity contribution in [2.45, 2.75) is 18.8 Å². The summed E-state index contributed by atoms with van der Waals surface area (Å²) in [6, 6.07) is 14.4. The Morgan fingerprint density at radius 1 is 1.24 bits per heavy atom. The van der Waals surface area contributed by atoms with E-state index in [0.717, 1.165) is 11.1 Å². The molecule has 1 atom stereocenters. The number of hydrogen-bond donors (Lipinski definition) is 1. The molecule has 1 unspecified atom stereocenters. The van der Waals surface area contributed by atoms with Gasteiger partial charge in [-0.2, -0.15) is 0 Å². The number of carbonyl (C=O) groups is 1. The molecule has 0 amide bonds. The van der Waals surface area contributed by atoms with E-state index in [1.807, 2.05) is 30.3 Å². The molecule has 0 aliphatic rings. The van der Waals surface area contributed by atoms with Crippen LogP contribution >= 0.6 is 11.6 Å². The smallest absolute Gasteiger partial charge is 0.314 e. The first-order valence-corrected chi connectivity index (χ1v) is 6.96. The summed E-state index contributed by atoms with van der Waals surface area (Å²) in [6.45, 7) is 1.71. The van der Waals surface area contributed by atoms with E-state index in [2.05, 4.69) is 0 Å². The Bertz CT molecular complexity index is 640. The molecule has 21 heavy (non-hydrogen) atoms. The Morgan fingerprint density at radius 3 is 2.48 bits per heavy atom. The summed E-state index contributed by atoms with van der Waals surface area (Å²) in [5, 5.41) is 10.3. The zero-order valence-corrected chi connectivity index (χ0v) is 12.7. The van der Waals surface area contributed by atoms with E-state index < -0.39 is 11.4 Å². The van der Waals surface area contributed by atoms with Crippen molar-refractivity contribution in [1.82, 2.24) is 0 Å². The van der Waals surface area contributed by atoms with Crippen LogP contribution in [0.1, 0.15) is 18.1 Å². The minimum Gasteiger partial charge on any atom is -0.496 e. The molecule has 0 saturated carbocycles. The Hall–Kier alpha value is -2.00. The van der Waals surface area contributed by atoms with E-state index in [1.165, 1.54) is 0 Å². The van der Waals surface area contributed by atoms with Crippen molar-refractivity contribution in [3.8, 4) is 5.75 Å². The fourth-order valence-electron chi connectivity index (χ4n) is 2.37. The highest BCUT2D eigenvalue weighted by Crippen LogP contribution is 2.33. The Kier molecular flexibility index (Phi) is 4.53. The number of benzene rings is 2. The molecule has 1 N–H and O–H groups in total. The van der Waals surface area contributed by atoms with Gasteiger partial charge in [-0.15, -0.1) is 0 Å². The molecule has 0 radical (unpaired) electrons. The maximum atomic E-state index is 11.8. The highest BCUT2D eigenvalue weighted by atomic mass is 35.5. The molecule has 110 valence electrons. The van der Waals surface area contributed by atoms with Crippen molar-refractivity contribution in [1.29, 1.82) is 0 Å². The Balaban J connectivity index is 2.47. The van der Waals surface area contributed by atoms with Gasteiger partial charge >= 0.3 is 5.97 Å². The van der Waals surface area contributed by atoms with Crippen LogP contribution in [0, 0.1) is 0 Å². The summed E-state index contributed by atoms with van der Waals surface area (Å²) < 4.78 is 5.31. The number of carboxylic acids is 1. The van der Waals surface area contributed by atoms with Crippen LogP contribution in [0.5, 0.6) is 5.75 Å². The predicted molar refractivity (Wildman–Crippen MR) is 83.1 cm³/mol. The normalized spacial score (nSPS) is 13.5. The van der Waals surface area contributed by atoms with Gasteiger partial charge in [-0.25, -0.2) is 0 Å². The Morgan fingerprint density at radius 2 is 1.90 bits per heavy atom. The number of carboxylic acid groups (broad SMARTS) is 1. The number of ether oxygens (including phenoxy) is 1. The molecule has 2 rings (SSSR count). The second-order valence-electron chi connectivity index (χ2n) is 5.14. The van der Waals surface area contributed by atoms with Crippen LogP contribution < -0.4 is 4.74 Å². The van der Waals surface area contributed by atoms with Gasteiger partial charge in [0.1, 0.15) is 5.75 Å². The van der Waals surface area contributed by atoms with Crippen molar-refractivity contribution >= 4 is 17.6 Å². The van der Waals surface area contributed by atoms with Crippen molar-refractivity contribution in [2.75, 3.05) is 7.11 Å². The lowest BCUT2D eigenvalue weighted by atomic mass is 9.77. The molecule has 0 bridgehead atoms. The fourth-order valence-corrected chi connectivity index (χ4v) is 2.57. The first-order valence-electron chi connectivity index (χ1n) is 6.58. The summed E-state index contributed by atoms with van der Waals surface area (Å²) in [4.78, 5) is 11.8. The molecule has 4 heteroatoms. The number of methoxy groups -OCH3 is 1. The lowest BCUT2D eigenvalue weighted by molar-refractivity contribution is -0.143. The maximum Gasteiger partial charge on any atom is 0.314 e. The van der Waals surface area contributed by atoms with Crippen molar-refractivity contribution in [3.63, 3.8) is 0 Å². The highest BCUT2D eigenvalue weighted by Gasteiger charge is 2.36. The van der Waals surface area contributed by atoms with Gasteiger partial charge in [0.2, 0.25) is 0 Å². The summed E-state index contributed by atoms with van der Waals surface area (Å²) in [5.41, 5.74) is 0.484. The van der Waals surface area contributed by atoms with Crippen LogP contribution in [-0.4, -0.2) is 18.2 Å². The van der Waals surface area contributed by atoms with Gasteiger partial charge in [-0.3, -0.25) is 4.79 Å². The SMILES string of the molecule is COc1ccc(Cl)cc1CC(C)(C(=O)O)c1ccccc1. The summed E-state index contributed by atoms with van der Waals surface area (Å²) in [5.74, 6) is -0.237. The van der Waals surface area contributed by atoms with E-state index in [9.17, 15) is 9.90 Å². The topological polar surface area (TPSA) is 46.5 Å². The molecule has 0 aliphatic heterocycles. The number of aliphatic carboxylic acids is 1. The third-order valence-corrected chi connectivity index (χ3v) is 3.90. The van der Waals surface area contributed by atoms with Crippen LogP contribution in [0.25, 0.3) is 0 Å². The summed E-state index contributed by atoms with van der Waals surface area (Å²) in [7, 11) is 1.56. The standard InChI is InChI=1S/C17H17ClO3/c1-17(16(19)20,13-6-4-3-5-7-13)11-12-10-14(18)8-9-15(12)21-2/h3-10H,11H2,1-2H3,(H,19,20). The summed E-state index contributed by atoms with van der Waals surface area (Å²) >= 11 is 6.03. The van der Waals surface area contributed by atoms with Gasteiger partial charge in [-0.1, -0.05) is 41.9 Å². The predicted octanol–water partition coefficient (Wildman–Crippen LogP) is 3.93. The van der Waals surface area contributed by atoms with Crippen LogP contribution in [0.4, 0.5) is 0 Å². The molecule has 0 saturated heterocycles. The van der Waals surface area contributed by atoms with Crippen LogP contribution in [0.15, 0.2) is 48.5 Å². The lowest BCUT2D eigenvalue weighted by Crippen LogP contribution is -2.34. The largest absolute Gasteiger partial charge is 0.496 e. The van der Waals surface area contributed by atoms with Crippen molar-refractivity contribution in [3.05, 3.63) is 64.7 Å². The molecule has 2 aromatic carbocycles. The molecular formula is C17H17ClO3. The van der Waals surface area contributed by atoms with Crippen LogP contribution in [0.3, 0.4) is 0 Å². The maximum absolute atomic E-state index is 11.8.